The molecule has 18 atom stereocenters. The number of carbonyl (C=O) groups excluding carboxylic acids is 2. The van der Waals surface area contributed by atoms with Crippen LogP contribution in [0.4, 0.5) is 0 Å². The van der Waals surface area contributed by atoms with Gasteiger partial charge in [-0.1, -0.05) is 51.4 Å². The van der Waals surface area contributed by atoms with Crippen LogP contribution in [-0.4, -0.2) is 369 Å². The van der Waals surface area contributed by atoms with Gasteiger partial charge in [-0.15, -0.1) is 0 Å². The zero-order chi connectivity index (χ0) is 96.4. The molecule has 0 bridgehead atoms. The fraction of sp³-hybridized carbons (Fsp3) is 0.944. The van der Waals surface area contributed by atoms with Gasteiger partial charge in [-0.05, 0) is 12.8 Å². The summed E-state index contributed by atoms with van der Waals surface area (Å²) in [6.45, 7) is -11.0. The van der Waals surface area contributed by atoms with Crippen molar-refractivity contribution in [2.24, 2.45) is 0 Å². The number of unbranched alkanes of at least 4 members (excludes halogenated alkanes) is 9. The summed E-state index contributed by atoms with van der Waals surface area (Å²) in [4.78, 5) is 27.9. The standard InChI is InChI=1S/C36H68N2O70S16/c39-33(29(105-121(77,78)79)25(101-117(65,66)67)21(19(97-113(53,54)55)15-91-111(47,48)49)95-35-31(107-123(83,84)85)27(103-119(71,72)73)23(99-115(59,60)61)17(93-35)13-89-109(41,42)43)37-11-9-7-5-3-1-2-4-6-8-10-12-38-34(40)30(106-122(80,81)82)26(102-118(68,69)70)22(20(98-114(56,57)58)16-92-112(50,51)52)96-36-32(108-124(86,87)88)28(104-120(74,75)76)24(100-116(62,63)64)18(94-36)14-90-110(44,45)46/h17-32,35-36H,1-16H2,(H,37,39)(H,38,40)(H,41,42,43)(H,44,45,46)(H,47,48,49)(H,50,51,52)(H,53,54,55)(H,56,57,58)(H,59,60,61)(H,62,63,64)(H,65,66,67)(H,68,69,70)(H,71,72,73)(H,74,75,76)(H,77,78,79)(H,80,81,82)(H,83,84,85)(H,86,87,88)/t17-,18+,19?,20?,21+,22?,23+,24-,25?,26?,27+,28-,29?,30?,31-,32+,35+,36-/m1/s1. The third-order valence-corrected chi connectivity index (χ3v) is 21.1. The molecule has 0 saturated carbocycles. The van der Waals surface area contributed by atoms with E-state index in [2.05, 4.69) is 66.9 Å². The Morgan fingerprint density at radius 1 is 0.250 bits per heavy atom. The van der Waals surface area contributed by atoms with Gasteiger partial charge < -0.3 is 29.6 Å². The van der Waals surface area contributed by atoms with E-state index < -0.39 is 328 Å². The van der Waals surface area contributed by atoms with E-state index in [1.165, 1.54) is 0 Å². The Balaban J connectivity index is 2.63. The largest absolute Gasteiger partial charge is 0.398 e. The molecule has 2 aliphatic heterocycles. The molecule has 0 aromatic carbocycles. The van der Waals surface area contributed by atoms with Crippen molar-refractivity contribution in [3.8, 4) is 0 Å². The fourth-order valence-electron chi connectivity index (χ4n) is 9.97. The predicted octanol–water partition coefficient (Wildman–Crippen LogP) is -11.1. The Morgan fingerprint density at radius 3 is 0.685 bits per heavy atom. The van der Waals surface area contributed by atoms with E-state index in [0.717, 1.165) is 0 Å². The molecule has 2 amide bonds. The maximum absolute atomic E-state index is 14.0. The van der Waals surface area contributed by atoms with E-state index in [4.69, 9.17) is 18.9 Å². The Labute approximate surface area is 701 Å². The molecule has 124 heavy (non-hydrogen) atoms. The van der Waals surface area contributed by atoms with Crippen molar-refractivity contribution in [3.05, 3.63) is 0 Å². The van der Waals surface area contributed by atoms with Crippen LogP contribution in [0.2, 0.25) is 0 Å². The van der Waals surface area contributed by atoms with Crippen molar-refractivity contribution < 1.29 is 303 Å². The number of hydrogen-bond acceptors (Lipinski definition) is 54. The topological polar surface area (TPSA) is 1110 Å². The molecule has 2 heterocycles. The van der Waals surface area contributed by atoms with Crippen LogP contribution in [0, 0.1) is 0 Å². The number of ether oxygens (including phenoxy) is 4. The minimum Gasteiger partial charge on any atom is -0.354 e. The SMILES string of the molecule is O=C(NCCCCCCCCCCCCNC(=O)C(OS(=O)(=O)O)C(OS(=O)(=O)O)[C@@H](O[C@@H]1O[C@H](COS(=O)(=O)O)[C@H](OS(=O)(=O)O)[C@H](OS(=O)(=O)O)[C@H]1OS(=O)(=O)O)C(COS(=O)(=O)O)OS(=O)(=O)O)C(OS(=O)(=O)O)C(OS(=O)(=O)O)C(O[C@H]1O[C@@H](COS(=O)(=O)O)[C@@H](OS(=O)(=O)O)[C@@H](OS(=O)(=O)O)[C@@H]1OS(=O)(=O)O)C(COS(=O)(=O)O)OS(=O)(=O)O. The molecule has 2 saturated heterocycles. The molecular weight excluding hydrogens is 2090 g/mol. The summed E-state index contributed by atoms with van der Waals surface area (Å²) >= 11 is 0. The first-order chi connectivity index (χ1) is 55.3. The first kappa shape index (κ1) is 117. The molecule has 738 valence electrons. The molecule has 0 aromatic heterocycles. The molecule has 7 unspecified atom stereocenters. The summed E-state index contributed by atoms with van der Waals surface area (Å²) in [7, 11) is -102. The number of hydrogen-bond donors (Lipinski definition) is 18. The Morgan fingerprint density at radius 2 is 0.468 bits per heavy atom. The van der Waals surface area contributed by atoms with Gasteiger partial charge in [0.1, 0.15) is 73.2 Å². The van der Waals surface area contributed by atoms with Crippen molar-refractivity contribution in [2.75, 3.05) is 39.5 Å². The van der Waals surface area contributed by atoms with E-state index in [-0.39, 0.29) is 64.2 Å². The van der Waals surface area contributed by atoms with Crippen LogP contribution in [0.3, 0.4) is 0 Å². The lowest BCUT2D eigenvalue weighted by atomic mass is 9.98. The van der Waals surface area contributed by atoms with Gasteiger partial charge in [0.05, 0.1) is 26.4 Å². The predicted molar refractivity (Wildman–Crippen MR) is 366 cm³/mol. The fourth-order valence-corrected chi connectivity index (χ4v) is 17.0. The van der Waals surface area contributed by atoms with Crippen LogP contribution in [0.5, 0.6) is 0 Å². The molecule has 2 fully saturated rings. The molecule has 0 aromatic rings. The van der Waals surface area contributed by atoms with Gasteiger partial charge in [-0.25, -0.2) is 66.9 Å². The molecule has 2 rings (SSSR count). The van der Waals surface area contributed by atoms with Crippen LogP contribution < -0.4 is 10.6 Å². The second kappa shape index (κ2) is 46.4. The van der Waals surface area contributed by atoms with Gasteiger partial charge in [-0.2, -0.15) is 135 Å². The maximum Gasteiger partial charge on any atom is 0.398 e. The van der Waals surface area contributed by atoms with Crippen molar-refractivity contribution in [1.29, 1.82) is 0 Å². The van der Waals surface area contributed by atoms with Gasteiger partial charge in [0.25, 0.3) is 11.8 Å². The number of carbonyl (C=O) groups is 2. The Bertz CT molecular complexity index is 5210. The smallest absolute Gasteiger partial charge is 0.354 e. The summed E-state index contributed by atoms with van der Waals surface area (Å²) in [5.41, 5.74) is 0. The Kier molecular flexibility index (Phi) is 43.7. The third-order valence-electron chi connectivity index (χ3n) is 13.8. The molecule has 18 N–H and O–H groups in total. The summed E-state index contributed by atoms with van der Waals surface area (Å²) < 4.78 is 628. The quantitative estimate of drug-likeness (QED) is 0.0199. The maximum atomic E-state index is 14.0. The number of rotatable bonds is 61. The lowest BCUT2D eigenvalue weighted by molar-refractivity contribution is -0.312. The monoisotopic (exact) mass is 2160 g/mol. The highest BCUT2D eigenvalue weighted by Gasteiger charge is 2.60. The van der Waals surface area contributed by atoms with Crippen molar-refractivity contribution >= 4 is 178 Å². The van der Waals surface area contributed by atoms with E-state index in [1.54, 1.807) is 10.6 Å². The molecule has 2 aliphatic rings. The van der Waals surface area contributed by atoms with Gasteiger partial charge in [0.2, 0.25) is 0 Å². The normalized spacial score (nSPS) is 23.4. The highest BCUT2D eigenvalue weighted by atomic mass is 32.3. The van der Waals surface area contributed by atoms with Crippen LogP contribution in [0.1, 0.15) is 64.2 Å². The number of nitrogens with one attached hydrogen (secondary N) is 2. The zero-order valence-electron chi connectivity index (χ0n) is 59.4. The minimum absolute atomic E-state index is 0.0777. The second-order valence-corrected chi connectivity index (χ2v) is 40.1. The van der Waals surface area contributed by atoms with Crippen LogP contribution in [0.25, 0.3) is 0 Å². The van der Waals surface area contributed by atoms with Gasteiger partial charge in [0.15, 0.2) is 37.0 Å². The van der Waals surface area contributed by atoms with E-state index >= 15 is 0 Å². The summed E-state index contributed by atoms with van der Waals surface area (Å²) in [6, 6.07) is 0. The summed E-state index contributed by atoms with van der Waals surface area (Å²) in [5, 5.41) is 3.53. The average Bonchev–Trinajstić information content (AvgIpc) is 0.765. The van der Waals surface area contributed by atoms with Crippen molar-refractivity contribution in [2.45, 2.75) is 174 Å². The zero-order valence-corrected chi connectivity index (χ0v) is 72.5. The highest BCUT2D eigenvalue weighted by molar-refractivity contribution is 7.84. The van der Waals surface area contributed by atoms with Crippen LogP contribution in [-0.2, 0) is 262 Å². The van der Waals surface area contributed by atoms with E-state index in [9.17, 15) is 217 Å². The lowest BCUT2D eigenvalue weighted by Gasteiger charge is -2.45. The second-order valence-electron chi connectivity index (χ2n) is 23.2. The van der Waals surface area contributed by atoms with Gasteiger partial charge in [-0.3, -0.25) is 82.4 Å². The average molecular weight is 2160 g/mol. The molecule has 88 heteroatoms. The highest BCUT2D eigenvalue weighted by Crippen LogP contribution is 2.38. The first-order valence-corrected chi connectivity index (χ1v) is 52.6. The van der Waals surface area contributed by atoms with Crippen LogP contribution >= 0.6 is 0 Å². The van der Waals surface area contributed by atoms with E-state index in [1.807, 2.05) is 0 Å². The van der Waals surface area contributed by atoms with Crippen molar-refractivity contribution in [3.63, 3.8) is 0 Å². The molecule has 72 nitrogen and oxygen atoms in total. The van der Waals surface area contributed by atoms with Crippen molar-refractivity contribution in [1.82, 2.24) is 10.6 Å². The molecule has 0 aliphatic carbocycles. The molecule has 0 radical (unpaired) electrons. The van der Waals surface area contributed by atoms with Crippen LogP contribution in [0.15, 0.2) is 0 Å². The summed E-state index contributed by atoms with van der Waals surface area (Å²) in [5.74, 6) is -4.55. The van der Waals surface area contributed by atoms with Gasteiger partial charge in [0, 0.05) is 13.1 Å². The Hall–Kier alpha value is -3.30. The lowest BCUT2D eigenvalue weighted by Crippen LogP contribution is -2.65. The summed E-state index contributed by atoms with van der Waals surface area (Å²) in [6.07, 6.45) is -66.3. The minimum atomic E-state index is -6.66. The van der Waals surface area contributed by atoms with E-state index in [0.29, 0.717) is 0 Å². The van der Waals surface area contributed by atoms with Gasteiger partial charge >= 0.3 is 166 Å². The molecular formula is C36H68N2O70S16. The number of amides is 2. The first-order valence-electron chi connectivity index (χ1n) is 30.8. The molecule has 0 spiro atoms. The third kappa shape index (κ3) is 52.1.